The molecule has 2 aromatic carbocycles. The topological polar surface area (TPSA) is 96.7 Å². The van der Waals surface area contributed by atoms with Gasteiger partial charge < -0.3 is 24.6 Å². The third kappa shape index (κ3) is 5.04. The summed E-state index contributed by atoms with van der Waals surface area (Å²) in [6.07, 6.45) is 0.318. The summed E-state index contributed by atoms with van der Waals surface area (Å²) in [6, 6.07) is 13.3. The van der Waals surface area contributed by atoms with Gasteiger partial charge in [-0.25, -0.2) is 9.78 Å². The van der Waals surface area contributed by atoms with E-state index in [0.717, 1.165) is 40.9 Å². The molecule has 0 radical (unpaired) electrons. The maximum atomic E-state index is 13.5. The highest BCUT2D eigenvalue weighted by atomic mass is 35.5. The molecule has 1 fully saturated rings. The van der Waals surface area contributed by atoms with E-state index in [4.69, 9.17) is 16.3 Å². The largest absolute Gasteiger partial charge is 0.511 e. The van der Waals surface area contributed by atoms with E-state index < -0.39 is 6.16 Å². The van der Waals surface area contributed by atoms with Crippen molar-refractivity contribution >= 4 is 56.1 Å². The predicted octanol–water partition coefficient (Wildman–Crippen LogP) is 5.61. The van der Waals surface area contributed by atoms with Crippen molar-refractivity contribution in [3.8, 4) is 5.75 Å². The first kappa shape index (κ1) is 24.5. The molecular weight excluding hydrogens is 500 g/mol. The first-order chi connectivity index (χ1) is 17.3. The zero-order valence-electron chi connectivity index (χ0n) is 20.0. The van der Waals surface area contributed by atoms with Crippen molar-refractivity contribution < 1.29 is 19.4 Å². The van der Waals surface area contributed by atoms with Gasteiger partial charge in [-0.15, -0.1) is 11.3 Å². The third-order valence-electron chi connectivity index (χ3n) is 6.57. The first-order valence-corrected chi connectivity index (χ1v) is 13.1. The van der Waals surface area contributed by atoms with E-state index >= 15 is 0 Å². The number of carbonyl (C=O) groups excluding carboxylic acids is 1. The van der Waals surface area contributed by atoms with Crippen LogP contribution in [0, 0.1) is 0 Å². The van der Waals surface area contributed by atoms with Gasteiger partial charge in [-0.3, -0.25) is 4.79 Å². The number of imidazole rings is 1. The second-order valence-electron chi connectivity index (χ2n) is 9.29. The van der Waals surface area contributed by atoms with Gasteiger partial charge in [-0.1, -0.05) is 17.7 Å². The van der Waals surface area contributed by atoms with E-state index in [2.05, 4.69) is 29.0 Å². The van der Waals surface area contributed by atoms with Crippen LogP contribution in [0.15, 0.2) is 42.5 Å². The number of rotatable bonds is 6. The Labute approximate surface area is 217 Å². The van der Waals surface area contributed by atoms with E-state index in [0.29, 0.717) is 28.6 Å². The second kappa shape index (κ2) is 10.1. The molecular formula is C26H27ClN4O4S. The molecule has 0 aliphatic carbocycles. The van der Waals surface area contributed by atoms with Gasteiger partial charge in [0.25, 0.3) is 5.91 Å². The van der Waals surface area contributed by atoms with Crippen molar-refractivity contribution in [2.24, 2.45) is 0 Å². The number of para-hydroxylation sites is 1. The fraction of sp³-hybridized carbons (Fsp3) is 0.346. The number of piperidine rings is 1. The molecule has 1 aliphatic heterocycles. The molecule has 2 N–H and O–H groups in total. The highest BCUT2D eigenvalue weighted by Gasteiger charge is 2.26. The molecule has 4 aromatic rings. The van der Waals surface area contributed by atoms with Gasteiger partial charge in [0.05, 0.1) is 12.1 Å². The summed E-state index contributed by atoms with van der Waals surface area (Å²) in [6.45, 7) is 6.56. The monoisotopic (exact) mass is 526 g/mol. The summed E-state index contributed by atoms with van der Waals surface area (Å²) in [5, 5.41) is 14.1. The Hall–Kier alpha value is -3.14. The number of carboxylic acid groups (broad SMARTS) is 1. The van der Waals surface area contributed by atoms with Gasteiger partial charge in [-0.2, -0.15) is 0 Å². The quantitative estimate of drug-likeness (QED) is 0.250. The van der Waals surface area contributed by atoms with Crippen molar-refractivity contribution in [2.45, 2.75) is 45.3 Å². The van der Waals surface area contributed by atoms with E-state index in [-0.39, 0.29) is 23.5 Å². The summed E-state index contributed by atoms with van der Waals surface area (Å²) in [5.74, 6) is 0.0915. The molecule has 36 heavy (non-hydrogen) atoms. The zero-order chi connectivity index (χ0) is 25.4. The number of benzene rings is 2. The van der Waals surface area contributed by atoms with Crippen LogP contribution in [0.4, 0.5) is 4.79 Å². The van der Waals surface area contributed by atoms with Crippen molar-refractivity contribution in [1.82, 2.24) is 19.8 Å². The summed E-state index contributed by atoms with van der Waals surface area (Å²) in [7, 11) is 0. The van der Waals surface area contributed by atoms with Gasteiger partial charge in [0.2, 0.25) is 0 Å². The number of nitrogens with zero attached hydrogens (tertiary/aromatic N) is 3. The molecule has 1 saturated heterocycles. The van der Waals surface area contributed by atoms with Gasteiger partial charge >= 0.3 is 6.16 Å². The van der Waals surface area contributed by atoms with Crippen molar-refractivity contribution in [1.29, 1.82) is 0 Å². The maximum Gasteiger partial charge on any atom is 0.511 e. The number of fused-ring (bicyclic) bond motifs is 2. The van der Waals surface area contributed by atoms with Crippen LogP contribution in [0.3, 0.4) is 0 Å². The number of nitrogens with one attached hydrogen (secondary N) is 1. The molecule has 10 heteroatoms. The number of hydrogen-bond acceptors (Lipinski definition) is 6. The van der Waals surface area contributed by atoms with E-state index in [9.17, 15) is 14.7 Å². The Balaban J connectivity index is 1.50. The van der Waals surface area contributed by atoms with Crippen LogP contribution in [-0.4, -0.2) is 56.8 Å². The van der Waals surface area contributed by atoms with Gasteiger partial charge in [0.15, 0.2) is 11.6 Å². The molecule has 1 aliphatic rings. The molecule has 5 rings (SSSR count). The predicted molar refractivity (Wildman–Crippen MR) is 142 cm³/mol. The lowest BCUT2D eigenvalue weighted by Gasteiger charge is -2.34. The van der Waals surface area contributed by atoms with E-state index in [1.54, 1.807) is 34.1 Å². The molecule has 8 nitrogen and oxygen atoms in total. The standard InChI is InChI=1S/C26H27ClN4O4S/c1-15(2)30-10-8-18(9-11-30)28-25(32)24-29-20-4-3-5-21(35-26(33)34)23(20)31(24)14-19-13-16-12-17(27)6-7-22(16)36-19/h3-7,12-13,15,18H,8-11,14H2,1-2H3,(H,28,32)(H,33,34). The Bertz CT molecular complexity index is 1440. The van der Waals surface area contributed by atoms with Crippen LogP contribution in [-0.2, 0) is 6.54 Å². The molecule has 1 amide bonds. The summed E-state index contributed by atoms with van der Waals surface area (Å²) >= 11 is 7.75. The highest BCUT2D eigenvalue weighted by Crippen LogP contribution is 2.32. The number of carbonyl (C=O) groups is 2. The lowest BCUT2D eigenvalue weighted by molar-refractivity contribution is 0.0887. The number of hydrogen-bond donors (Lipinski definition) is 2. The van der Waals surface area contributed by atoms with Crippen LogP contribution in [0.2, 0.25) is 5.02 Å². The van der Waals surface area contributed by atoms with Crippen LogP contribution < -0.4 is 10.1 Å². The number of halogens is 1. The second-order valence-corrected chi connectivity index (χ2v) is 10.9. The Morgan fingerprint density at radius 3 is 2.72 bits per heavy atom. The van der Waals surface area contributed by atoms with Crippen molar-refractivity contribution in [3.63, 3.8) is 0 Å². The van der Waals surface area contributed by atoms with Gasteiger partial charge in [-0.05, 0) is 68.5 Å². The lowest BCUT2D eigenvalue weighted by Crippen LogP contribution is -2.47. The highest BCUT2D eigenvalue weighted by molar-refractivity contribution is 7.19. The first-order valence-electron chi connectivity index (χ1n) is 11.9. The molecule has 0 spiro atoms. The fourth-order valence-corrected chi connectivity index (χ4v) is 5.98. The van der Waals surface area contributed by atoms with Gasteiger partial charge in [0, 0.05) is 39.8 Å². The average molecular weight is 527 g/mol. The van der Waals surface area contributed by atoms with Crippen LogP contribution >= 0.6 is 22.9 Å². The minimum Gasteiger partial charge on any atom is -0.449 e. The maximum absolute atomic E-state index is 13.5. The van der Waals surface area contributed by atoms with Gasteiger partial charge in [0.1, 0.15) is 5.52 Å². The third-order valence-corrected chi connectivity index (χ3v) is 7.90. The number of aromatic nitrogens is 2. The molecule has 0 unspecified atom stereocenters. The Morgan fingerprint density at radius 1 is 1.22 bits per heavy atom. The molecule has 0 bridgehead atoms. The molecule has 2 aromatic heterocycles. The van der Waals surface area contributed by atoms with Crippen molar-refractivity contribution in [2.75, 3.05) is 13.1 Å². The minimum absolute atomic E-state index is 0.0574. The zero-order valence-corrected chi connectivity index (χ0v) is 21.6. The van der Waals surface area contributed by atoms with E-state index in [1.807, 2.05) is 24.3 Å². The molecule has 0 saturated carbocycles. The lowest BCUT2D eigenvalue weighted by atomic mass is 10.0. The summed E-state index contributed by atoms with van der Waals surface area (Å²) in [4.78, 5) is 32.8. The number of ether oxygens (including phenoxy) is 1. The van der Waals surface area contributed by atoms with Crippen molar-refractivity contribution in [3.05, 3.63) is 58.2 Å². The normalized spacial score (nSPS) is 15.1. The SMILES string of the molecule is CC(C)N1CCC(NC(=O)c2nc3cccc(OC(=O)O)c3n2Cc2cc3cc(Cl)ccc3s2)CC1. The number of thiophene rings is 1. The number of likely N-dealkylation sites (tertiary alicyclic amines) is 1. The minimum atomic E-state index is -1.42. The molecule has 3 heterocycles. The fourth-order valence-electron chi connectivity index (χ4n) is 4.77. The summed E-state index contributed by atoms with van der Waals surface area (Å²) in [5.41, 5.74) is 0.966. The number of amides is 1. The van der Waals surface area contributed by atoms with Crippen LogP contribution in [0.1, 0.15) is 42.2 Å². The average Bonchev–Trinajstić information content (AvgIpc) is 3.40. The molecule has 0 atom stereocenters. The van der Waals surface area contributed by atoms with Crippen LogP contribution in [0.5, 0.6) is 5.75 Å². The Kier molecular flexibility index (Phi) is 6.87. The summed E-state index contributed by atoms with van der Waals surface area (Å²) < 4.78 is 7.88. The van der Waals surface area contributed by atoms with E-state index in [1.165, 1.54) is 0 Å². The Morgan fingerprint density at radius 2 is 2.00 bits per heavy atom. The smallest absolute Gasteiger partial charge is 0.449 e. The van der Waals surface area contributed by atoms with Crippen LogP contribution in [0.25, 0.3) is 21.1 Å². The molecule has 188 valence electrons.